The van der Waals surface area contributed by atoms with Gasteiger partial charge in [0.15, 0.2) is 0 Å². The maximum absolute atomic E-state index is 11.9. The molecule has 0 aromatic heterocycles. The minimum atomic E-state index is 0.0624. The number of nitrogens with one attached hydrogen (secondary N) is 1. The van der Waals surface area contributed by atoms with Crippen molar-refractivity contribution in [2.24, 2.45) is 0 Å². The molecular formula is C12H24N2O2. The summed E-state index contributed by atoms with van der Waals surface area (Å²) < 4.78 is 0. The number of carbonyl (C=O) groups is 1. The molecule has 0 aromatic rings. The van der Waals surface area contributed by atoms with Gasteiger partial charge in [0.05, 0.1) is 0 Å². The van der Waals surface area contributed by atoms with Crippen LogP contribution in [0.4, 0.5) is 4.79 Å². The average molecular weight is 228 g/mol. The van der Waals surface area contributed by atoms with Crippen molar-refractivity contribution in [3.8, 4) is 0 Å². The third-order valence-corrected chi connectivity index (χ3v) is 3.06. The van der Waals surface area contributed by atoms with E-state index >= 15 is 0 Å². The summed E-state index contributed by atoms with van der Waals surface area (Å²) in [5.74, 6) is 0. The quantitative estimate of drug-likeness (QED) is 0.770. The lowest BCUT2D eigenvalue weighted by atomic mass is 10.2. The van der Waals surface area contributed by atoms with E-state index in [9.17, 15) is 4.79 Å². The Hall–Kier alpha value is -0.770. The van der Waals surface area contributed by atoms with E-state index in [1.165, 1.54) is 12.8 Å². The minimum Gasteiger partial charge on any atom is -0.396 e. The fourth-order valence-corrected chi connectivity index (χ4v) is 2.05. The lowest BCUT2D eigenvalue weighted by Crippen LogP contribution is -2.44. The second-order valence-corrected chi connectivity index (χ2v) is 4.62. The summed E-state index contributed by atoms with van der Waals surface area (Å²) in [7, 11) is 0. The van der Waals surface area contributed by atoms with Crippen LogP contribution >= 0.6 is 0 Å². The molecule has 2 N–H and O–H groups in total. The average Bonchev–Trinajstić information content (AvgIpc) is 2.54. The van der Waals surface area contributed by atoms with Crippen LogP contribution < -0.4 is 5.32 Å². The van der Waals surface area contributed by atoms with Crippen LogP contribution in [-0.4, -0.2) is 41.8 Å². The summed E-state index contributed by atoms with van der Waals surface area (Å²) in [6.45, 7) is 3.96. The van der Waals surface area contributed by atoms with Crippen LogP contribution in [0.1, 0.15) is 45.4 Å². The molecule has 1 unspecified atom stereocenters. The number of rotatable bonds is 4. The van der Waals surface area contributed by atoms with Crippen molar-refractivity contribution in [2.45, 2.75) is 51.5 Å². The molecular weight excluding hydrogens is 204 g/mol. The zero-order valence-corrected chi connectivity index (χ0v) is 10.2. The van der Waals surface area contributed by atoms with Crippen molar-refractivity contribution in [1.82, 2.24) is 10.2 Å². The second-order valence-electron chi connectivity index (χ2n) is 4.62. The molecule has 1 heterocycles. The molecule has 16 heavy (non-hydrogen) atoms. The first-order chi connectivity index (χ1) is 7.74. The molecule has 4 heteroatoms. The van der Waals surface area contributed by atoms with Gasteiger partial charge >= 0.3 is 6.03 Å². The monoisotopic (exact) mass is 228 g/mol. The van der Waals surface area contributed by atoms with Gasteiger partial charge in [0.2, 0.25) is 0 Å². The van der Waals surface area contributed by atoms with Crippen molar-refractivity contribution >= 4 is 6.03 Å². The molecule has 1 aliphatic heterocycles. The van der Waals surface area contributed by atoms with Gasteiger partial charge in [0.1, 0.15) is 0 Å². The summed E-state index contributed by atoms with van der Waals surface area (Å²) in [6, 6.07) is 0.218. The number of hydrogen-bond acceptors (Lipinski definition) is 2. The number of likely N-dealkylation sites (tertiary alicyclic amines) is 1. The summed E-state index contributed by atoms with van der Waals surface area (Å²) in [6.07, 6.45) is 6.32. The minimum absolute atomic E-state index is 0.0624. The third kappa shape index (κ3) is 4.84. The molecule has 0 spiro atoms. The lowest BCUT2D eigenvalue weighted by Gasteiger charge is -2.23. The summed E-state index contributed by atoms with van der Waals surface area (Å²) in [4.78, 5) is 13.8. The molecule has 0 aromatic carbocycles. The Morgan fingerprint density at radius 2 is 1.94 bits per heavy atom. The molecule has 1 rings (SSSR count). The van der Waals surface area contributed by atoms with Crippen LogP contribution in [0, 0.1) is 0 Å². The van der Waals surface area contributed by atoms with E-state index in [0.717, 1.165) is 38.8 Å². The van der Waals surface area contributed by atoms with Gasteiger partial charge in [0.25, 0.3) is 0 Å². The first-order valence-corrected chi connectivity index (χ1v) is 6.40. The van der Waals surface area contributed by atoms with Crippen LogP contribution in [0.5, 0.6) is 0 Å². The zero-order chi connectivity index (χ0) is 11.8. The fraction of sp³-hybridized carbons (Fsp3) is 0.917. The van der Waals surface area contributed by atoms with Gasteiger partial charge < -0.3 is 15.3 Å². The normalized spacial score (nSPS) is 19.0. The maximum atomic E-state index is 11.9. The summed E-state index contributed by atoms with van der Waals surface area (Å²) in [5, 5.41) is 11.7. The van der Waals surface area contributed by atoms with Gasteiger partial charge in [-0.1, -0.05) is 12.8 Å². The fourth-order valence-electron chi connectivity index (χ4n) is 2.05. The molecule has 0 radical (unpaired) electrons. The number of amides is 2. The maximum Gasteiger partial charge on any atom is 0.317 e. The number of urea groups is 1. The number of carbonyl (C=O) groups excluding carboxylic acids is 1. The van der Waals surface area contributed by atoms with Gasteiger partial charge in [-0.15, -0.1) is 0 Å². The van der Waals surface area contributed by atoms with Crippen LogP contribution in [0.25, 0.3) is 0 Å². The Kier molecular flexibility index (Phi) is 6.23. The number of nitrogens with zero attached hydrogens (tertiary/aromatic N) is 1. The van der Waals surface area contributed by atoms with Crippen LogP contribution in [0.15, 0.2) is 0 Å². The van der Waals surface area contributed by atoms with Gasteiger partial charge in [-0.25, -0.2) is 4.79 Å². The number of aliphatic hydroxyl groups is 1. The molecule has 1 saturated heterocycles. The molecule has 1 aliphatic rings. The second kappa shape index (κ2) is 7.49. The number of aliphatic hydroxyl groups excluding tert-OH is 1. The van der Waals surface area contributed by atoms with E-state index in [2.05, 4.69) is 5.32 Å². The highest BCUT2D eigenvalue weighted by atomic mass is 16.3. The van der Waals surface area contributed by atoms with Crippen molar-refractivity contribution in [3.63, 3.8) is 0 Å². The van der Waals surface area contributed by atoms with E-state index in [1.54, 1.807) is 0 Å². The Labute approximate surface area is 98.0 Å². The molecule has 0 bridgehead atoms. The highest BCUT2D eigenvalue weighted by molar-refractivity contribution is 5.74. The van der Waals surface area contributed by atoms with E-state index < -0.39 is 0 Å². The Balaban J connectivity index is 2.26. The molecule has 4 nitrogen and oxygen atoms in total. The standard InChI is InChI=1S/C12H24N2O2/c1-11(7-6-10-15)13-12(16)14-8-4-2-3-5-9-14/h11,15H,2-10H2,1H3,(H,13,16). The summed E-state index contributed by atoms with van der Waals surface area (Å²) in [5.41, 5.74) is 0. The van der Waals surface area contributed by atoms with Crippen molar-refractivity contribution < 1.29 is 9.90 Å². The first-order valence-electron chi connectivity index (χ1n) is 6.40. The van der Waals surface area contributed by atoms with Gasteiger partial charge in [-0.3, -0.25) is 0 Å². The zero-order valence-electron chi connectivity index (χ0n) is 10.2. The molecule has 2 amide bonds. The van der Waals surface area contributed by atoms with E-state index in [4.69, 9.17) is 5.11 Å². The van der Waals surface area contributed by atoms with Crippen LogP contribution in [0.3, 0.4) is 0 Å². The third-order valence-electron chi connectivity index (χ3n) is 3.06. The van der Waals surface area contributed by atoms with Crippen LogP contribution in [-0.2, 0) is 0 Å². The van der Waals surface area contributed by atoms with Crippen molar-refractivity contribution in [1.29, 1.82) is 0 Å². The van der Waals surface area contributed by atoms with Gasteiger partial charge in [-0.05, 0) is 32.6 Å². The Morgan fingerprint density at radius 3 is 2.50 bits per heavy atom. The SMILES string of the molecule is CC(CCCO)NC(=O)N1CCCCCC1. The topological polar surface area (TPSA) is 52.6 Å². The summed E-state index contributed by atoms with van der Waals surface area (Å²) >= 11 is 0. The largest absolute Gasteiger partial charge is 0.396 e. The van der Waals surface area contributed by atoms with E-state index in [-0.39, 0.29) is 18.7 Å². The van der Waals surface area contributed by atoms with Gasteiger partial charge in [-0.2, -0.15) is 0 Å². The van der Waals surface area contributed by atoms with Gasteiger partial charge in [0, 0.05) is 25.7 Å². The van der Waals surface area contributed by atoms with E-state index in [1.807, 2.05) is 11.8 Å². The Morgan fingerprint density at radius 1 is 1.31 bits per heavy atom. The van der Waals surface area contributed by atoms with Crippen molar-refractivity contribution in [3.05, 3.63) is 0 Å². The molecule has 1 atom stereocenters. The smallest absolute Gasteiger partial charge is 0.317 e. The van der Waals surface area contributed by atoms with Crippen LogP contribution in [0.2, 0.25) is 0 Å². The molecule has 94 valence electrons. The highest BCUT2D eigenvalue weighted by Gasteiger charge is 2.16. The van der Waals surface area contributed by atoms with Crippen molar-refractivity contribution in [2.75, 3.05) is 19.7 Å². The first kappa shape index (κ1) is 13.3. The lowest BCUT2D eigenvalue weighted by molar-refractivity contribution is 0.194. The molecule has 1 fully saturated rings. The highest BCUT2D eigenvalue weighted by Crippen LogP contribution is 2.10. The predicted molar refractivity (Wildman–Crippen MR) is 64.4 cm³/mol. The number of hydrogen-bond donors (Lipinski definition) is 2. The predicted octanol–water partition coefficient (Wildman–Crippen LogP) is 1.73. The molecule has 0 aliphatic carbocycles. The Bertz CT molecular complexity index is 201. The van der Waals surface area contributed by atoms with E-state index in [0.29, 0.717) is 0 Å². The molecule has 0 saturated carbocycles.